The van der Waals surface area contributed by atoms with Gasteiger partial charge in [-0.25, -0.2) is 18.2 Å². The van der Waals surface area contributed by atoms with E-state index in [4.69, 9.17) is 0 Å². The molecule has 200 valence electrons. The number of esters is 1. The maximum Gasteiger partial charge on any atom is 0.490 e. The highest BCUT2D eigenvalue weighted by Gasteiger charge is 2.76. The number of anilines is 1. The summed E-state index contributed by atoms with van der Waals surface area (Å²) >= 11 is 0.890. The number of halogens is 9. The molecule has 2 heterocycles. The lowest BCUT2D eigenvalue weighted by molar-refractivity contribution is -0.382. The van der Waals surface area contributed by atoms with Crippen LogP contribution in [-0.4, -0.2) is 68.4 Å². The predicted octanol–water partition coefficient (Wildman–Crippen LogP) is 4.08. The van der Waals surface area contributed by atoms with Crippen LogP contribution in [0, 0.1) is 0 Å². The van der Waals surface area contributed by atoms with Gasteiger partial charge in [0, 0.05) is 49.0 Å². The Morgan fingerprint density at radius 3 is 1.83 bits per heavy atom. The SMILES string of the molecule is O=C(OC(c1ccc(N2CCN(S(=O)(=O)c3nccs3)CC2)cc1)(C(F)(F)F)C(F)(F)F)C(F)(F)F. The van der Waals surface area contributed by atoms with Crippen molar-refractivity contribution in [1.82, 2.24) is 9.29 Å². The van der Waals surface area contributed by atoms with E-state index in [9.17, 15) is 52.7 Å². The van der Waals surface area contributed by atoms with Gasteiger partial charge in [0.05, 0.1) is 0 Å². The molecule has 1 fully saturated rings. The molecule has 1 aromatic heterocycles. The summed E-state index contributed by atoms with van der Waals surface area (Å²) in [6.07, 6.45) is -17.8. The van der Waals surface area contributed by atoms with Crippen LogP contribution in [0.5, 0.6) is 0 Å². The Hall–Kier alpha value is -2.60. The zero-order chi connectivity index (χ0) is 27.2. The average Bonchev–Trinajstić information content (AvgIpc) is 3.31. The number of benzene rings is 1. The molecule has 0 saturated carbocycles. The molecule has 0 atom stereocenters. The number of piperazine rings is 1. The maximum atomic E-state index is 13.6. The molecule has 0 unspecified atom stereocenters. The van der Waals surface area contributed by atoms with Crippen molar-refractivity contribution in [2.45, 2.75) is 28.5 Å². The third-order valence-electron chi connectivity index (χ3n) is 5.12. The molecule has 0 bridgehead atoms. The van der Waals surface area contributed by atoms with Crippen molar-refractivity contribution >= 4 is 33.0 Å². The molecule has 1 saturated heterocycles. The normalized spacial score (nSPS) is 16.8. The number of aromatic nitrogens is 1. The molecule has 0 N–H and O–H groups in total. The summed E-state index contributed by atoms with van der Waals surface area (Å²) in [5.41, 5.74) is -7.31. The molecule has 0 aliphatic carbocycles. The number of sulfonamides is 1. The maximum absolute atomic E-state index is 13.6. The highest BCUT2D eigenvalue weighted by atomic mass is 32.2. The Labute approximate surface area is 201 Å². The molecule has 0 radical (unpaired) electrons. The van der Waals surface area contributed by atoms with Crippen LogP contribution in [-0.2, 0) is 25.2 Å². The number of alkyl halides is 9. The van der Waals surface area contributed by atoms with E-state index in [1.807, 2.05) is 0 Å². The third-order valence-corrected chi connectivity index (χ3v) is 8.20. The van der Waals surface area contributed by atoms with E-state index in [2.05, 4.69) is 9.72 Å². The van der Waals surface area contributed by atoms with E-state index >= 15 is 0 Å². The van der Waals surface area contributed by atoms with Crippen LogP contribution in [0.2, 0.25) is 0 Å². The highest BCUT2D eigenvalue weighted by Crippen LogP contribution is 2.53. The minimum absolute atomic E-state index is 0.00328. The largest absolute Gasteiger partial charge is 0.490 e. The Morgan fingerprint density at radius 2 is 1.42 bits per heavy atom. The summed E-state index contributed by atoms with van der Waals surface area (Å²) < 4.78 is 148. The monoisotopic (exact) mass is 571 g/mol. The van der Waals surface area contributed by atoms with Crippen LogP contribution in [0.1, 0.15) is 5.56 Å². The van der Waals surface area contributed by atoms with Crippen molar-refractivity contribution in [3.05, 3.63) is 41.4 Å². The van der Waals surface area contributed by atoms with E-state index in [1.165, 1.54) is 16.5 Å². The van der Waals surface area contributed by atoms with Crippen molar-refractivity contribution in [1.29, 1.82) is 0 Å². The van der Waals surface area contributed by atoms with Crippen LogP contribution in [0.3, 0.4) is 0 Å². The Balaban J connectivity index is 1.87. The standard InChI is InChI=1S/C18H14F9N3O4S2/c19-16(20,21)13(31)34-15(17(22,23)24,18(25,26)27)11-1-3-12(4-2-11)29-6-8-30(9-7-29)36(32,33)14-28-5-10-35-14/h1-5,10H,6-9H2. The topological polar surface area (TPSA) is 79.8 Å². The van der Waals surface area contributed by atoms with Gasteiger partial charge in [-0.3, -0.25) is 0 Å². The molecule has 1 aromatic carbocycles. The van der Waals surface area contributed by atoms with Gasteiger partial charge in [0.2, 0.25) is 4.34 Å². The lowest BCUT2D eigenvalue weighted by atomic mass is 9.91. The smallest absolute Gasteiger partial charge is 0.428 e. The second-order valence-electron chi connectivity index (χ2n) is 7.30. The molecule has 36 heavy (non-hydrogen) atoms. The van der Waals surface area contributed by atoms with Gasteiger partial charge in [-0.05, 0) is 12.1 Å². The number of carbonyl (C=O) groups excluding carboxylic acids is 1. The van der Waals surface area contributed by atoms with Gasteiger partial charge in [-0.1, -0.05) is 12.1 Å². The van der Waals surface area contributed by atoms with Crippen molar-refractivity contribution in [2.75, 3.05) is 31.1 Å². The molecule has 7 nitrogen and oxygen atoms in total. The average molecular weight is 571 g/mol. The number of ether oxygens (including phenoxy) is 1. The van der Waals surface area contributed by atoms with Crippen molar-refractivity contribution in [2.24, 2.45) is 0 Å². The summed E-state index contributed by atoms with van der Waals surface area (Å²) in [6.45, 7) is -0.169. The first-order valence-electron chi connectivity index (χ1n) is 9.60. The number of hydrogen-bond acceptors (Lipinski definition) is 7. The third kappa shape index (κ3) is 5.10. The summed E-state index contributed by atoms with van der Waals surface area (Å²) in [6, 6.07) is 2.04. The second-order valence-corrected chi connectivity index (χ2v) is 10.3. The molecule has 2 aromatic rings. The van der Waals surface area contributed by atoms with Gasteiger partial charge >= 0.3 is 30.1 Å². The van der Waals surface area contributed by atoms with E-state index in [1.54, 1.807) is 0 Å². The van der Waals surface area contributed by atoms with Gasteiger partial charge in [0.1, 0.15) is 0 Å². The Bertz CT molecular complexity index is 1160. The van der Waals surface area contributed by atoms with E-state index in [-0.39, 0.29) is 48.3 Å². The van der Waals surface area contributed by atoms with Crippen LogP contribution < -0.4 is 4.90 Å². The molecular weight excluding hydrogens is 557 g/mol. The summed E-state index contributed by atoms with van der Waals surface area (Å²) in [7, 11) is -3.88. The molecule has 18 heteroatoms. The van der Waals surface area contributed by atoms with E-state index < -0.39 is 45.7 Å². The predicted molar refractivity (Wildman–Crippen MR) is 105 cm³/mol. The second kappa shape index (κ2) is 9.37. The van der Waals surface area contributed by atoms with Gasteiger partial charge in [0.15, 0.2) is 0 Å². The fraction of sp³-hybridized carbons (Fsp3) is 0.444. The first-order chi connectivity index (χ1) is 16.4. The van der Waals surface area contributed by atoms with E-state index in [0.717, 1.165) is 27.8 Å². The van der Waals surface area contributed by atoms with Crippen LogP contribution >= 0.6 is 11.3 Å². The fourth-order valence-corrected chi connectivity index (χ4v) is 5.79. The first kappa shape index (κ1) is 28.0. The molecule has 0 spiro atoms. The Kier molecular flexibility index (Phi) is 7.28. The molecule has 3 rings (SSSR count). The van der Waals surface area contributed by atoms with Crippen molar-refractivity contribution < 1.29 is 57.5 Å². The minimum atomic E-state index is -6.50. The number of rotatable bonds is 5. The molecular formula is C18H14F9N3O4S2. The zero-order valence-corrected chi connectivity index (χ0v) is 19.1. The van der Waals surface area contributed by atoms with Gasteiger partial charge in [0.25, 0.3) is 10.0 Å². The van der Waals surface area contributed by atoms with Gasteiger partial charge in [-0.15, -0.1) is 11.3 Å². The molecule has 1 aliphatic heterocycles. The quantitative estimate of drug-likeness (QED) is 0.398. The number of thiazole rings is 1. The van der Waals surface area contributed by atoms with Gasteiger partial charge < -0.3 is 9.64 Å². The van der Waals surface area contributed by atoms with Crippen LogP contribution in [0.15, 0.2) is 40.2 Å². The highest BCUT2D eigenvalue weighted by molar-refractivity contribution is 7.91. The lowest BCUT2D eigenvalue weighted by Crippen LogP contribution is -2.58. The van der Waals surface area contributed by atoms with Crippen molar-refractivity contribution in [3.8, 4) is 0 Å². The van der Waals surface area contributed by atoms with Gasteiger partial charge in [-0.2, -0.15) is 43.8 Å². The Morgan fingerprint density at radius 1 is 0.889 bits per heavy atom. The zero-order valence-electron chi connectivity index (χ0n) is 17.5. The first-order valence-corrected chi connectivity index (χ1v) is 11.9. The van der Waals surface area contributed by atoms with Crippen molar-refractivity contribution in [3.63, 3.8) is 0 Å². The fourth-order valence-electron chi connectivity index (χ4n) is 3.40. The van der Waals surface area contributed by atoms with Crippen LogP contribution in [0.25, 0.3) is 0 Å². The lowest BCUT2D eigenvalue weighted by Gasteiger charge is -2.37. The minimum Gasteiger partial charge on any atom is -0.428 e. The summed E-state index contributed by atoms with van der Waals surface area (Å²) in [5, 5.41) is 1.46. The summed E-state index contributed by atoms with van der Waals surface area (Å²) in [4.78, 5) is 16.2. The summed E-state index contributed by atoms with van der Waals surface area (Å²) in [5.74, 6) is -3.67. The molecule has 0 amide bonds. The van der Waals surface area contributed by atoms with Crippen LogP contribution in [0.4, 0.5) is 45.2 Å². The molecule has 1 aliphatic rings. The number of nitrogens with zero attached hydrogens (tertiary/aromatic N) is 3. The number of hydrogen-bond donors (Lipinski definition) is 0. The number of carbonyl (C=O) groups is 1. The van der Waals surface area contributed by atoms with E-state index in [0.29, 0.717) is 0 Å².